The van der Waals surface area contributed by atoms with Crippen LogP contribution in [-0.2, 0) is 0 Å². The van der Waals surface area contributed by atoms with Gasteiger partial charge in [0.2, 0.25) is 0 Å². The monoisotopic (exact) mass is 788 g/mol. The molecule has 0 bridgehead atoms. The van der Waals surface area contributed by atoms with Gasteiger partial charge >= 0.3 is 0 Å². The molecule has 0 N–H and O–H groups in total. The van der Waals surface area contributed by atoms with E-state index in [0.29, 0.717) is 5.82 Å². The number of hydrogen-bond acceptors (Lipinski definition) is 4. The SMILES string of the molecule is c1ccc(-c2cc(-c3ccc4c(c3)oc3ccccc34)nc(-c3ccc4c5ccccc5c5ccc(-c6ccc7c(c6)c6cccc8oc9cccc7c9c86)cc5c4c3)n2)cc1. The molecule has 0 spiro atoms. The lowest BCUT2D eigenvalue weighted by molar-refractivity contribution is 0.669. The molecule has 0 atom stereocenters. The van der Waals surface area contributed by atoms with Gasteiger partial charge in [-0.05, 0) is 120 Å². The average Bonchev–Trinajstić information content (AvgIpc) is 3.92. The van der Waals surface area contributed by atoms with Gasteiger partial charge in [-0.2, -0.15) is 0 Å². The van der Waals surface area contributed by atoms with Gasteiger partial charge in [0.1, 0.15) is 22.3 Å². The fourth-order valence-corrected chi connectivity index (χ4v) is 10.1. The van der Waals surface area contributed by atoms with Gasteiger partial charge in [0.25, 0.3) is 0 Å². The summed E-state index contributed by atoms with van der Waals surface area (Å²) in [5.41, 5.74) is 10.6. The molecular weight excluding hydrogens is 757 g/mol. The fraction of sp³-hybridized carbons (Fsp3) is 0. The van der Waals surface area contributed by atoms with Crippen LogP contribution in [0.5, 0.6) is 0 Å². The van der Waals surface area contributed by atoms with Crippen LogP contribution < -0.4 is 0 Å². The van der Waals surface area contributed by atoms with Gasteiger partial charge in [-0.25, -0.2) is 9.97 Å². The summed E-state index contributed by atoms with van der Waals surface area (Å²) >= 11 is 0. The van der Waals surface area contributed by atoms with Crippen LogP contribution in [0.2, 0.25) is 0 Å². The second-order valence-electron chi connectivity index (χ2n) is 16.4. The fourth-order valence-electron chi connectivity index (χ4n) is 10.1. The molecule has 3 aromatic heterocycles. The molecule has 0 fully saturated rings. The average molecular weight is 789 g/mol. The van der Waals surface area contributed by atoms with E-state index < -0.39 is 0 Å². The van der Waals surface area contributed by atoms with E-state index in [1.807, 2.05) is 18.2 Å². The molecule has 0 aliphatic rings. The molecule has 286 valence electrons. The van der Waals surface area contributed by atoms with Crippen LogP contribution in [0.4, 0.5) is 0 Å². The van der Waals surface area contributed by atoms with Crippen molar-refractivity contribution in [2.24, 2.45) is 0 Å². The maximum Gasteiger partial charge on any atom is 0.160 e. The van der Waals surface area contributed by atoms with E-state index in [0.717, 1.165) is 72.1 Å². The van der Waals surface area contributed by atoms with Gasteiger partial charge < -0.3 is 8.83 Å². The Hall–Kier alpha value is -8.34. The molecule has 0 amide bonds. The zero-order chi connectivity index (χ0) is 40.5. The van der Waals surface area contributed by atoms with E-state index in [9.17, 15) is 0 Å². The first kappa shape index (κ1) is 33.5. The van der Waals surface area contributed by atoms with Crippen molar-refractivity contribution in [2.75, 3.05) is 0 Å². The molecule has 3 heterocycles. The van der Waals surface area contributed by atoms with Gasteiger partial charge in [0.15, 0.2) is 5.82 Å². The second-order valence-corrected chi connectivity index (χ2v) is 16.4. The molecule has 14 rings (SSSR count). The van der Waals surface area contributed by atoms with Crippen molar-refractivity contribution in [1.29, 1.82) is 0 Å². The first-order chi connectivity index (χ1) is 30.7. The van der Waals surface area contributed by atoms with Crippen LogP contribution in [0, 0.1) is 0 Å². The summed E-state index contributed by atoms with van der Waals surface area (Å²) in [6, 6.07) is 69.2. The van der Waals surface area contributed by atoms with Crippen LogP contribution in [0.1, 0.15) is 0 Å². The number of hydrogen-bond donors (Lipinski definition) is 0. The van der Waals surface area contributed by atoms with Gasteiger partial charge in [0.05, 0.1) is 11.4 Å². The third-order valence-electron chi connectivity index (χ3n) is 13.0. The highest BCUT2D eigenvalue weighted by atomic mass is 16.3. The molecule has 0 radical (unpaired) electrons. The topological polar surface area (TPSA) is 52.1 Å². The largest absolute Gasteiger partial charge is 0.456 e. The van der Waals surface area contributed by atoms with Crippen molar-refractivity contribution in [1.82, 2.24) is 9.97 Å². The normalized spacial score (nSPS) is 12.2. The van der Waals surface area contributed by atoms with Crippen LogP contribution in [0.3, 0.4) is 0 Å². The summed E-state index contributed by atoms with van der Waals surface area (Å²) in [6.45, 7) is 0. The first-order valence-corrected chi connectivity index (χ1v) is 21.0. The van der Waals surface area contributed by atoms with Gasteiger partial charge in [-0.3, -0.25) is 0 Å². The standard InChI is InChI=1S/C58H32N2O2/c1-2-10-33(11-3-1)50-32-51(36-22-27-44-43-14-6-7-17-52(43)61-55(44)31-36)60-58(59-50)37-23-26-41-39-13-5-4-12-38(39)40-24-20-35(29-48(40)49(41)30-37)34-21-25-42-45-15-8-18-53-56(45)57-46(47(42)28-34)16-9-19-54(57)62-53/h1-32H. The van der Waals surface area contributed by atoms with Gasteiger partial charge in [-0.1, -0.05) is 140 Å². The Bertz CT molecular complexity index is 4160. The maximum atomic E-state index is 6.34. The van der Waals surface area contributed by atoms with Crippen LogP contribution >= 0.6 is 0 Å². The summed E-state index contributed by atoms with van der Waals surface area (Å²) < 4.78 is 12.7. The third kappa shape index (κ3) is 4.83. The Labute approximate surface area is 354 Å². The minimum Gasteiger partial charge on any atom is -0.456 e. The van der Waals surface area contributed by atoms with Crippen molar-refractivity contribution in [2.45, 2.75) is 0 Å². The molecule has 11 aromatic carbocycles. The highest BCUT2D eigenvalue weighted by Crippen LogP contribution is 2.45. The molecular formula is C58H32N2O2. The molecule has 0 aliphatic carbocycles. The Morgan fingerprint density at radius 2 is 0.677 bits per heavy atom. The Morgan fingerprint density at radius 1 is 0.242 bits per heavy atom. The quantitative estimate of drug-likeness (QED) is 0.167. The lowest BCUT2D eigenvalue weighted by Gasteiger charge is -2.15. The van der Waals surface area contributed by atoms with Crippen LogP contribution in [0.25, 0.3) is 143 Å². The Balaban J connectivity index is 0.978. The van der Waals surface area contributed by atoms with E-state index in [2.05, 4.69) is 176 Å². The number of aromatic nitrogens is 2. The Morgan fingerprint density at radius 3 is 1.37 bits per heavy atom. The summed E-state index contributed by atoms with van der Waals surface area (Å²) in [4.78, 5) is 10.6. The molecule has 4 heteroatoms. The van der Waals surface area contributed by atoms with Crippen LogP contribution in [0.15, 0.2) is 203 Å². The maximum absolute atomic E-state index is 6.34. The number of benzene rings is 11. The molecule has 0 saturated carbocycles. The molecule has 0 saturated heterocycles. The van der Waals surface area contributed by atoms with Crippen molar-refractivity contribution in [3.05, 3.63) is 194 Å². The van der Waals surface area contributed by atoms with E-state index in [4.69, 9.17) is 18.8 Å². The van der Waals surface area contributed by atoms with E-state index >= 15 is 0 Å². The molecule has 4 nitrogen and oxygen atoms in total. The minimum atomic E-state index is 0.669. The highest BCUT2D eigenvalue weighted by Gasteiger charge is 2.19. The van der Waals surface area contributed by atoms with E-state index in [1.165, 1.54) is 64.8 Å². The van der Waals surface area contributed by atoms with Gasteiger partial charge in [-0.15, -0.1) is 0 Å². The van der Waals surface area contributed by atoms with Crippen molar-refractivity contribution >= 4 is 97.7 Å². The number of rotatable bonds is 4. The number of para-hydroxylation sites is 1. The molecule has 0 aliphatic heterocycles. The summed E-state index contributed by atoms with van der Waals surface area (Å²) in [6.07, 6.45) is 0. The molecule has 0 unspecified atom stereocenters. The summed E-state index contributed by atoms with van der Waals surface area (Å²) in [5.74, 6) is 0.669. The summed E-state index contributed by atoms with van der Waals surface area (Å²) in [5, 5.41) is 16.7. The predicted octanol–water partition coefficient (Wildman–Crippen LogP) is 16.1. The van der Waals surface area contributed by atoms with Crippen molar-refractivity contribution in [3.8, 4) is 45.0 Å². The van der Waals surface area contributed by atoms with Gasteiger partial charge in [0, 0.05) is 38.2 Å². The zero-order valence-electron chi connectivity index (χ0n) is 33.2. The number of nitrogens with zero attached hydrogens (tertiary/aromatic N) is 2. The van der Waals surface area contributed by atoms with E-state index in [-0.39, 0.29) is 0 Å². The minimum absolute atomic E-state index is 0.669. The molecule has 62 heavy (non-hydrogen) atoms. The first-order valence-electron chi connectivity index (χ1n) is 21.0. The van der Waals surface area contributed by atoms with Crippen molar-refractivity contribution in [3.63, 3.8) is 0 Å². The second kappa shape index (κ2) is 12.6. The van der Waals surface area contributed by atoms with E-state index in [1.54, 1.807) is 0 Å². The predicted molar refractivity (Wildman–Crippen MR) is 257 cm³/mol. The lowest BCUT2D eigenvalue weighted by atomic mass is 9.89. The summed E-state index contributed by atoms with van der Waals surface area (Å²) in [7, 11) is 0. The number of furan rings is 2. The highest BCUT2D eigenvalue weighted by molar-refractivity contribution is 6.33. The zero-order valence-corrected chi connectivity index (χ0v) is 33.2. The molecule has 14 aromatic rings. The van der Waals surface area contributed by atoms with Crippen molar-refractivity contribution < 1.29 is 8.83 Å². The lowest BCUT2D eigenvalue weighted by Crippen LogP contribution is -1.96. The number of fused-ring (bicyclic) bond motifs is 12. The smallest absolute Gasteiger partial charge is 0.160 e. The third-order valence-corrected chi connectivity index (χ3v) is 13.0. The van der Waals surface area contributed by atoms with Crippen LogP contribution in [-0.4, -0.2) is 9.97 Å². The Kier molecular flexibility index (Phi) is 6.80.